The zero-order valence-electron chi connectivity index (χ0n) is 11.7. The van der Waals surface area contributed by atoms with Crippen molar-refractivity contribution in [3.05, 3.63) is 58.1 Å². The van der Waals surface area contributed by atoms with Crippen LogP contribution in [0.1, 0.15) is 11.1 Å². The second-order valence-corrected chi connectivity index (χ2v) is 5.31. The lowest BCUT2D eigenvalue weighted by molar-refractivity contribution is 0.185. The minimum Gasteiger partial charge on any atom is -0.497 e. The van der Waals surface area contributed by atoms with E-state index in [2.05, 4.69) is 39.4 Å². The molecule has 0 fully saturated rings. The molecule has 2 aromatic carbocycles. The summed E-state index contributed by atoms with van der Waals surface area (Å²) in [6, 6.07) is 14.2. The maximum Gasteiger partial charge on any atom is 0.121 e. The molecule has 4 heteroatoms. The lowest BCUT2D eigenvalue weighted by atomic mass is 10.1. The van der Waals surface area contributed by atoms with Gasteiger partial charge in [-0.2, -0.15) is 0 Å². The minimum atomic E-state index is 0.636. The first kappa shape index (κ1) is 14.9. The smallest absolute Gasteiger partial charge is 0.121 e. The topological polar surface area (TPSA) is 30.5 Å². The molecule has 0 heterocycles. The number of benzene rings is 2. The van der Waals surface area contributed by atoms with Gasteiger partial charge in [0, 0.05) is 24.2 Å². The molecule has 0 amide bonds. The Labute approximate surface area is 128 Å². The van der Waals surface area contributed by atoms with Crippen LogP contribution in [0.5, 0.6) is 5.75 Å². The fourth-order valence-corrected chi connectivity index (χ4v) is 2.35. The van der Waals surface area contributed by atoms with Crippen LogP contribution in [-0.4, -0.2) is 14.2 Å². The molecule has 3 nitrogen and oxygen atoms in total. The fourth-order valence-electron chi connectivity index (χ4n) is 1.96. The second kappa shape index (κ2) is 7.31. The first-order chi connectivity index (χ1) is 9.72. The van der Waals surface area contributed by atoms with Crippen molar-refractivity contribution in [1.29, 1.82) is 0 Å². The summed E-state index contributed by atoms with van der Waals surface area (Å²) in [6.45, 7) is 1.39. The normalized spacial score (nSPS) is 10.3. The van der Waals surface area contributed by atoms with Crippen LogP contribution in [-0.2, 0) is 17.9 Å². The van der Waals surface area contributed by atoms with Gasteiger partial charge in [-0.3, -0.25) is 0 Å². The third-order valence-electron chi connectivity index (χ3n) is 2.96. The van der Waals surface area contributed by atoms with E-state index < -0.39 is 0 Å². The van der Waals surface area contributed by atoms with Crippen LogP contribution < -0.4 is 10.1 Å². The molecule has 0 bridgehead atoms. The van der Waals surface area contributed by atoms with Crippen LogP contribution >= 0.6 is 15.9 Å². The van der Waals surface area contributed by atoms with E-state index in [0.29, 0.717) is 6.61 Å². The van der Waals surface area contributed by atoms with Crippen molar-refractivity contribution in [3.63, 3.8) is 0 Å². The predicted molar refractivity (Wildman–Crippen MR) is 85.2 cm³/mol. The summed E-state index contributed by atoms with van der Waals surface area (Å²) in [6.07, 6.45) is 0. The van der Waals surface area contributed by atoms with Crippen molar-refractivity contribution in [2.45, 2.75) is 13.2 Å². The van der Waals surface area contributed by atoms with Gasteiger partial charge < -0.3 is 14.8 Å². The lowest BCUT2D eigenvalue weighted by Gasteiger charge is -2.11. The molecule has 106 valence electrons. The van der Waals surface area contributed by atoms with Gasteiger partial charge in [0.05, 0.1) is 19.4 Å². The zero-order valence-corrected chi connectivity index (χ0v) is 13.2. The Bertz CT molecular complexity index is 572. The fraction of sp³-hybridized carbons (Fsp3) is 0.250. The van der Waals surface area contributed by atoms with E-state index in [0.717, 1.165) is 22.5 Å². The van der Waals surface area contributed by atoms with Gasteiger partial charge in [0.25, 0.3) is 0 Å². The van der Waals surface area contributed by atoms with Gasteiger partial charge in [-0.1, -0.05) is 24.3 Å². The standard InChI is InChI=1S/C16H18BrNO2/c1-19-11-13-5-3-4-12(8-13)10-18-16-9-14(20-2)6-7-15(16)17/h3-9,18H,10-11H2,1-2H3. The minimum absolute atomic E-state index is 0.636. The monoisotopic (exact) mass is 335 g/mol. The third-order valence-corrected chi connectivity index (χ3v) is 3.65. The highest BCUT2D eigenvalue weighted by Crippen LogP contribution is 2.27. The number of ether oxygens (including phenoxy) is 2. The van der Waals surface area contributed by atoms with Crippen molar-refractivity contribution in [2.24, 2.45) is 0 Å². The van der Waals surface area contributed by atoms with E-state index in [-0.39, 0.29) is 0 Å². The van der Waals surface area contributed by atoms with Crippen molar-refractivity contribution < 1.29 is 9.47 Å². The van der Waals surface area contributed by atoms with Gasteiger partial charge >= 0.3 is 0 Å². The molecular weight excluding hydrogens is 318 g/mol. The average Bonchev–Trinajstić information content (AvgIpc) is 2.47. The molecule has 0 unspecified atom stereocenters. The van der Waals surface area contributed by atoms with Crippen LogP contribution in [0.2, 0.25) is 0 Å². The first-order valence-corrected chi connectivity index (χ1v) is 7.16. The van der Waals surface area contributed by atoms with Crippen LogP contribution in [0, 0.1) is 0 Å². The average molecular weight is 336 g/mol. The number of hydrogen-bond acceptors (Lipinski definition) is 3. The molecule has 0 aliphatic rings. The molecule has 0 aliphatic heterocycles. The molecule has 0 saturated heterocycles. The van der Waals surface area contributed by atoms with E-state index in [9.17, 15) is 0 Å². The largest absolute Gasteiger partial charge is 0.497 e. The molecule has 20 heavy (non-hydrogen) atoms. The van der Waals surface area contributed by atoms with Gasteiger partial charge in [0.2, 0.25) is 0 Å². The summed E-state index contributed by atoms with van der Waals surface area (Å²) in [5, 5.41) is 3.41. The van der Waals surface area contributed by atoms with Gasteiger partial charge in [0.15, 0.2) is 0 Å². The Morgan fingerprint density at radius 1 is 1.05 bits per heavy atom. The second-order valence-electron chi connectivity index (χ2n) is 4.45. The van der Waals surface area contributed by atoms with Gasteiger partial charge in [-0.15, -0.1) is 0 Å². The lowest BCUT2D eigenvalue weighted by Crippen LogP contribution is -2.01. The Hall–Kier alpha value is -1.52. The first-order valence-electron chi connectivity index (χ1n) is 6.37. The number of methoxy groups -OCH3 is 2. The van der Waals surface area contributed by atoms with E-state index in [1.165, 1.54) is 11.1 Å². The maximum atomic E-state index is 5.24. The summed E-state index contributed by atoms with van der Waals surface area (Å²) in [5.74, 6) is 0.837. The quantitative estimate of drug-likeness (QED) is 0.857. The van der Waals surface area contributed by atoms with Crippen molar-refractivity contribution in [1.82, 2.24) is 0 Å². The van der Waals surface area contributed by atoms with E-state index in [4.69, 9.17) is 9.47 Å². The van der Waals surface area contributed by atoms with Gasteiger partial charge in [-0.25, -0.2) is 0 Å². The van der Waals surface area contributed by atoms with Gasteiger partial charge in [0.1, 0.15) is 5.75 Å². The molecule has 0 saturated carbocycles. The summed E-state index contributed by atoms with van der Waals surface area (Å²) < 4.78 is 11.4. The van der Waals surface area contributed by atoms with E-state index in [1.807, 2.05) is 24.3 Å². The Morgan fingerprint density at radius 3 is 2.60 bits per heavy atom. The van der Waals surface area contributed by atoms with Crippen LogP contribution in [0.4, 0.5) is 5.69 Å². The molecule has 1 N–H and O–H groups in total. The molecule has 0 aliphatic carbocycles. The Morgan fingerprint density at radius 2 is 1.85 bits per heavy atom. The zero-order chi connectivity index (χ0) is 14.4. The Balaban J connectivity index is 2.06. The van der Waals surface area contributed by atoms with Crippen molar-refractivity contribution in [3.8, 4) is 5.75 Å². The highest BCUT2D eigenvalue weighted by Gasteiger charge is 2.02. The van der Waals surface area contributed by atoms with Crippen molar-refractivity contribution >= 4 is 21.6 Å². The predicted octanol–water partition coefficient (Wildman–Crippen LogP) is 4.22. The molecule has 0 atom stereocenters. The highest BCUT2D eigenvalue weighted by molar-refractivity contribution is 9.10. The van der Waals surface area contributed by atoms with Crippen LogP contribution in [0.3, 0.4) is 0 Å². The van der Waals surface area contributed by atoms with E-state index >= 15 is 0 Å². The van der Waals surface area contributed by atoms with Gasteiger partial charge in [-0.05, 0) is 39.2 Å². The van der Waals surface area contributed by atoms with Crippen LogP contribution in [0.25, 0.3) is 0 Å². The number of halogens is 1. The summed E-state index contributed by atoms with van der Waals surface area (Å²) >= 11 is 3.53. The SMILES string of the molecule is COCc1cccc(CNc2cc(OC)ccc2Br)c1. The maximum absolute atomic E-state index is 5.24. The number of nitrogens with one attached hydrogen (secondary N) is 1. The number of anilines is 1. The molecule has 2 aromatic rings. The molecule has 2 rings (SSSR count). The number of rotatable bonds is 6. The molecular formula is C16H18BrNO2. The summed E-state index contributed by atoms with van der Waals surface area (Å²) in [4.78, 5) is 0. The third kappa shape index (κ3) is 3.99. The molecule has 0 radical (unpaired) electrons. The molecule has 0 aromatic heterocycles. The number of hydrogen-bond donors (Lipinski definition) is 1. The van der Waals surface area contributed by atoms with Crippen molar-refractivity contribution in [2.75, 3.05) is 19.5 Å². The summed E-state index contributed by atoms with van der Waals surface area (Å²) in [7, 11) is 3.37. The van der Waals surface area contributed by atoms with E-state index in [1.54, 1.807) is 14.2 Å². The Kier molecular flexibility index (Phi) is 5.44. The molecule has 0 spiro atoms. The van der Waals surface area contributed by atoms with Crippen LogP contribution in [0.15, 0.2) is 46.9 Å². The summed E-state index contributed by atoms with van der Waals surface area (Å²) in [5.41, 5.74) is 3.41. The highest BCUT2D eigenvalue weighted by atomic mass is 79.9.